The summed E-state index contributed by atoms with van der Waals surface area (Å²) in [4.78, 5) is 8.79. The molecule has 0 aliphatic rings. The lowest BCUT2D eigenvalue weighted by atomic mass is 10.2. The normalized spacial score (nSPS) is 11.1. The lowest BCUT2D eigenvalue weighted by Crippen LogP contribution is -2.01. The second-order valence-electron chi connectivity index (χ2n) is 6.45. The Balaban J connectivity index is 1.72. The topological polar surface area (TPSA) is 53.5 Å². The van der Waals surface area contributed by atoms with Crippen LogP contribution in [-0.4, -0.2) is 36.4 Å². The van der Waals surface area contributed by atoms with Gasteiger partial charge in [0.2, 0.25) is 0 Å². The van der Waals surface area contributed by atoms with E-state index < -0.39 is 0 Å². The number of hydrogen-bond donors (Lipinski definition) is 0. The fourth-order valence-corrected chi connectivity index (χ4v) is 2.51. The van der Waals surface area contributed by atoms with E-state index in [-0.39, 0.29) is 0 Å². The van der Waals surface area contributed by atoms with E-state index in [0.717, 1.165) is 56.6 Å². The molecule has 5 heteroatoms. The molecule has 0 bridgehead atoms. The monoisotopic (exact) mass is 384 g/mol. The zero-order valence-electron chi connectivity index (χ0n) is 17.1. The summed E-state index contributed by atoms with van der Waals surface area (Å²) in [5, 5.41) is 0. The number of unbranched alkanes of at least 4 members (excludes halogenated alkanes) is 1. The maximum Gasteiger partial charge on any atom is 0.159 e. The van der Waals surface area contributed by atoms with Crippen molar-refractivity contribution in [1.29, 1.82) is 0 Å². The molecule has 0 radical (unpaired) electrons. The molecule has 0 aliphatic heterocycles. The summed E-state index contributed by atoms with van der Waals surface area (Å²) in [6, 6.07) is 7.86. The third-order valence-electron chi connectivity index (χ3n) is 4.00. The lowest BCUT2D eigenvalue weighted by molar-refractivity contribution is 0.127. The number of ether oxygens (including phenoxy) is 3. The Labute approximate surface area is 168 Å². The average molecular weight is 385 g/mol. The van der Waals surface area contributed by atoms with Crippen LogP contribution < -0.4 is 9.47 Å². The van der Waals surface area contributed by atoms with Crippen LogP contribution in [0.3, 0.4) is 0 Å². The molecule has 0 N–H and O–H groups in total. The van der Waals surface area contributed by atoms with Gasteiger partial charge in [-0.3, -0.25) is 0 Å². The molecule has 0 saturated carbocycles. The molecule has 1 aromatic carbocycles. The maximum atomic E-state index is 5.77. The second kappa shape index (κ2) is 13.7. The largest absolute Gasteiger partial charge is 0.494 e. The van der Waals surface area contributed by atoms with Gasteiger partial charge in [0.1, 0.15) is 5.75 Å². The van der Waals surface area contributed by atoms with Gasteiger partial charge in [-0.25, -0.2) is 9.97 Å². The summed E-state index contributed by atoms with van der Waals surface area (Å²) in [5.41, 5.74) is 0.956. The highest BCUT2D eigenvalue weighted by Crippen LogP contribution is 2.20. The summed E-state index contributed by atoms with van der Waals surface area (Å²) < 4.78 is 16.9. The number of nitrogens with zero attached hydrogens (tertiary/aromatic N) is 2. The Bertz CT molecular complexity index is 669. The number of hydrogen-bond acceptors (Lipinski definition) is 5. The minimum atomic E-state index is 0.635. The van der Waals surface area contributed by atoms with Crippen LogP contribution in [0.1, 0.15) is 46.0 Å². The van der Waals surface area contributed by atoms with Crippen LogP contribution in [0.5, 0.6) is 11.5 Å². The number of aromatic nitrogens is 2. The molecule has 1 aromatic heterocycles. The molecule has 2 aromatic rings. The van der Waals surface area contributed by atoms with Gasteiger partial charge in [-0.05, 0) is 56.4 Å². The van der Waals surface area contributed by atoms with Crippen molar-refractivity contribution in [1.82, 2.24) is 9.97 Å². The van der Waals surface area contributed by atoms with E-state index in [2.05, 4.69) is 36.0 Å². The van der Waals surface area contributed by atoms with Gasteiger partial charge in [0.15, 0.2) is 11.6 Å². The Kier molecular flexibility index (Phi) is 10.7. The van der Waals surface area contributed by atoms with Gasteiger partial charge in [0.05, 0.1) is 25.6 Å². The van der Waals surface area contributed by atoms with E-state index in [1.165, 1.54) is 0 Å². The van der Waals surface area contributed by atoms with Crippen molar-refractivity contribution in [3.8, 4) is 22.9 Å². The van der Waals surface area contributed by atoms with Crippen LogP contribution in [0.15, 0.2) is 48.8 Å². The first kappa shape index (κ1) is 21.9. The minimum Gasteiger partial charge on any atom is -0.494 e. The van der Waals surface area contributed by atoms with Crippen LogP contribution in [0, 0.1) is 0 Å². The third kappa shape index (κ3) is 8.53. The van der Waals surface area contributed by atoms with Crippen LogP contribution in [0.25, 0.3) is 11.4 Å². The summed E-state index contributed by atoms with van der Waals surface area (Å²) >= 11 is 0. The predicted molar refractivity (Wildman–Crippen MR) is 113 cm³/mol. The van der Waals surface area contributed by atoms with Crippen molar-refractivity contribution in [3.63, 3.8) is 0 Å². The minimum absolute atomic E-state index is 0.635. The fourth-order valence-electron chi connectivity index (χ4n) is 2.51. The van der Waals surface area contributed by atoms with Gasteiger partial charge in [-0.1, -0.05) is 26.0 Å². The zero-order valence-corrected chi connectivity index (χ0v) is 17.1. The molecule has 5 nitrogen and oxygen atoms in total. The first-order valence-corrected chi connectivity index (χ1v) is 10.2. The first-order chi connectivity index (χ1) is 13.8. The average Bonchev–Trinajstić information content (AvgIpc) is 2.74. The van der Waals surface area contributed by atoms with E-state index in [0.29, 0.717) is 24.8 Å². The van der Waals surface area contributed by atoms with Crippen molar-refractivity contribution in [2.75, 3.05) is 26.4 Å². The SMILES string of the molecule is CC/C=C\CCOc1cnc(-c2ccc(OCCCCOCCC)cc2)nc1. The molecule has 0 spiro atoms. The van der Waals surface area contributed by atoms with Crippen LogP contribution in [0.4, 0.5) is 0 Å². The summed E-state index contributed by atoms with van der Waals surface area (Å²) in [5.74, 6) is 2.23. The van der Waals surface area contributed by atoms with Crippen molar-refractivity contribution in [2.45, 2.75) is 46.0 Å². The van der Waals surface area contributed by atoms with Crippen molar-refractivity contribution >= 4 is 0 Å². The van der Waals surface area contributed by atoms with E-state index in [1.807, 2.05) is 24.3 Å². The summed E-state index contributed by atoms with van der Waals surface area (Å²) in [6.07, 6.45) is 12.7. The maximum absolute atomic E-state index is 5.77. The molecular weight excluding hydrogens is 352 g/mol. The summed E-state index contributed by atoms with van der Waals surface area (Å²) in [6.45, 7) is 7.22. The molecular formula is C23H32N2O3. The molecule has 2 rings (SSSR count). The van der Waals surface area contributed by atoms with E-state index in [4.69, 9.17) is 14.2 Å². The lowest BCUT2D eigenvalue weighted by Gasteiger charge is -2.08. The quantitative estimate of drug-likeness (QED) is 0.319. The fraction of sp³-hybridized carbons (Fsp3) is 0.478. The molecule has 0 saturated heterocycles. The molecule has 1 heterocycles. The number of allylic oxidation sites excluding steroid dienone is 1. The van der Waals surface area contributed by atoms with Crippen molar-refractivity contribution < 1.29 is 14.2 Å². The number of benzene rings is 1. The highest BCUT2D eigenvalue weighted by molar-refractivity contribution is 5.56. The van der Waals surface area contributed by atoms with Crippen LogP contribution in [-0.2, 0) is 4.74 Å². The van der Waals surface area contributed by atoms with Gasteiger partial charge in [-0.2, -0.15) is 0 Å². The molecule has 0 unspecified atom stereocenters. The van der Waals surface area contributed by atoms with E-state index >= 15 is 0 Å². The van der Waals surface area contributed by atoms with Gasteiger partial charge in [0.25, 0.3) is 0 Å². The van der Waals surface area contributed by atoms with Gasteiger partial charge < -0.3 is 14.2 Å². The smallest absolute Gasteiger partial charge is 0.159 e. The highest BCUT2D eigenvalue weighted by atomic mass is 16.5. The van der Waals surface area contributed by atoms with E-state index in [1.54, 1.807) is 12.4 Å². The second-order valence-corrected chi connectivity index (χ2v) is 6.45. The Hall–Kier alpha value is -2.40. The predicted octanol–water partition coefficient (Wildman–Crippen LogP) is 5.46. The Morgan fingerprint density at radius 3 is 2.21 bits per heavy atom. The van der Waals surface area contributed by atoms with Crippen molar-refractivity contribution in [2.24, 2.45) is 0 Å². The van der Waals surface area contributed by atoms with Crippen LogP contribution >= 0.6 is 0 Å². The zero-order chi connectivity index (χ0) is 19.9. The molecule has 0 amide bonds. The Morgan fingerprint density at radius 2 is 1.50 bits per heavy atom. The van der Waals surface area contributed by atoms with Gasteiger partial charge in [-0.15, -0.1) is 0 Å². The Morgan fingerprint density at radius 1 is 0.786 bits per heavy atom. The van der Waals surface area contributed by atoms with Gasteiger partial charge in [0, 0.05) is 18.8 Å². The standard InChI is InChI=1S/C23H32N2O3/c1-3-5-6-7-16-28-22-18-24-23(25-19-22)20-10-12-21(13-11-20)27-17-9-8-15-26-14-4-2/h5-6,10-13,18-19H,3-4,7-9,14-17H2,1-2H3/b6-5-. The first-order valence-electron chi connectivity index (χ1n) is 10.2. The van der Waals surface area contributed by atoms with Crippen molar-refractivity contribution in [3.05, 3.63) is 48.8 Å². The number of rotatable bonds is 14. The molecule has 0 atom stereocenters. The van der Waals surface area contributed by atoms with Crippen LogP contribution in [0.2, 0.25) is 0 Å². The molecule has 0 aliphatic carbocycles. The molecule has 152 valence electrons. The van der Waals surface area contributed by atoms with Gasteiger partial charge >= 0.3 is 0 Å². The molecule has 28 heavy (non-hydrogen) atoms. The van der Waals surface area contributed by atoms with E-state index in [9.17, 15) is 0 Å². The third-order valence-corrected chi connectivity index (χ3v) is 4.00. The molecule has 0 fully saturated rings. The highest BCUT2D eigenvalue weighted by Gasteiger charge is 2.03. The summed E-state index contributed by atoms with van der Waals surface area (Å²) in [7, 11) is 0.